The number of guanidine groups is 1. The van der Waals surface area contributed by atoms with Gasteiger partial charge >= 0.3 is 5.97 Å². The Hall–Kier alpha value is -2.89. The van der Waals surface area contributed by atoms with E-state index in [1.165, 1.54) is 50.7 Å². The highest BCUT2D eigenvalue weighted by Crippen LogP contribution is 2.61. The number of carboxylic acids is 1. The van der Waals surface area contributed by atoms with E-state index in [-0.39, 0.29) is 17.4 Å². The first kappa shape index (κ1) is 22.9. The van der Waals surface area contributed by atoms with Gasteiger partial charge in [0.2, 0.25) is 0 Å². The second-order valence-corrected chi connectivity index (χ2v) is 11.0. The summed E-state index contributed by atoms with van der Waals surface area (Å²) in [6, 6.07) is 13.3. The smallest absolute Gasteiger partial charge is 0.335 e. The van der Waals surface area contributed by atoms with E-state index in [1.807, 2.05) is 0 Å². The lowest BCUT2D eigenvalue weighted by Crippen LogP contribution is -2.49. The van der Waals surface area contributed by atoms with Gasteiger partial charge in [-0.3, -0.25) is 0 Å². The number of carboxylic acid groups (broad SMARTS) is 1. The van der Waals surface area contributed by atoms with E-state index < -0.39 is 5.97 Å². The number of rotatable bonds is 7. The van der Waals surface area contributed by atoms with Crippen LogP contribution < -0.4 is 10.6 Å². The molecule has 0 saturated heterocycles. The number of carbonyl (C=O) groups is 1. The van der Waals surface area contributed by atoms with Crippen molar-refractivity contribution in [2.24, 2.45) is 28.2 Å². The number of halogens is 1. The van der Waals surface area contributed by atoms with Crippen molar-refractivity contribution in [3.05, 3.63) is 65.5 Å². The minimum Gasteiger partial charge on any atom is -0.478 e. The molecule has 4 aliphatic carbocycles. The molecule has 0 aromatic heterocycles. The predicted octanol–water partition coefficient (Wildman–Crippen LogP) is 6.08. The Balaban J connectivity index is 1.29. The van der Waals surface area contributed by atoms with Crippen LogP contribution in [0.15, 0.2) is 53.5 Å². The van der Waals surface area contributed by atoms with Gasteiger partial charge in [0.15, 0.2) is 5.96 Å². The molecule has 3 N–H and O–H groups in total. The highest BCUT2D eigenvalue weighted by Gasteiger charge is 2.51. The molecule has 4 fully saturated rings. The van der Waals surface area contributed by atoms with E-state index in [0.717, 1.165) is 35.4 Å². The van der Waals surface area contributed by atoms with Crippen molar-refractivity contribution in [3.8, 4) is 0 Å². The van der Waals surface area contributed by atoms with Crippen LogP contribution in [0.25, 0.3) is 0 Å². The molecule has 0 aliphatic heterocycles. The van der Waals surface area contributed by atoms with E-state index in [9.17, 15) is 14.3 Å². The summed E-state index contributed by atoms with van der Waals surface area (Å²) in [5, 5.41) is 16.1. The third kappa shape index (κ3) is 5.26. The van der Waals surface area contributed by atoms with Crippen molar-refractivity contribution in [2.45, 2.75) is 64.5 Å². The Labute approximate surface area is 200 Å². The first-order chi connectivity index (χ1) is 16.4. The second kappa shape index (κ2) is 9.40. The van der Waals surface area contributed by atoms with Gasteiger partial charge in [0, 0.05) is 11.7 Å². The number of hydrogen-bond acceptors (Lipinski definition) is 2. The number of anilines is 1. The fourth-order valence-electron chi connectivity index (χ4n) is 7.19. The van der Waals surface area contributed by atoms with Crippen LogP contribution >= 0.6 is 0 Å². The zero-order valence-corrected chi connectivity index (χ0v) is 19.8. The van der Waals surface area contributed by atoms with Crippen LogP contribution in [-0.2, 0) is 6.54 Å². The van der Waals surface area contributed by atoms with Crippen LogP contribution in [0, 0.1) is 29.0 Å². The minimum absolute atomic E-state index is 0.249. The van der Waals surface area contributed by atoms with Crippen LogP contribution in [0.4, 0.5) is 10.1 Å². The molecule has 5 nitrogen and oxygen atoms in total. The predicted molar refractivity (Wildman–Crippen MR) is 132 cm³/mol. The number of nitrogens with zero attached hydrogens (tertiary/aromatic N) is 1. The normalized spacial score (nSPS) is 28.5. The molecule has 0 spiro atoms. The van der Waals surface area contributed by atoms with Gasteiger partial charge in [-0.1, -0.05) is 12.1 Å². The van der Waals surface area contributed by atoms with E-state index in [0.29, 0.717) is 17.9 Å². The Bertz CT molecular complexity index is 1010. The second-order valence-electron chi connectivity index (χ2n) is 11.0. The lowest BCUT2D eigenvalue weighted by Gasteiger charge is -2.57. The number of nitrogens with one attached hydrogen (secondary N) is 2. The molecule has 0 heterocycles. The average Bonchev–Trinajstić information content (AvgIpc) is 2.77. The van der Waals surface area contributed by atoms with E-state index in [1.54, 1.807) is 36.4 Å². The quantitative estimate of drug-likeness (QED) is 0.344. The molecule has 4 saturated carbocycles. The molecule has 1 atom stereocenters. The van der Waals surface area contributed by atoms with Gasteiger partial charge < -0.3 is 15.7 Å². The van der Waals surface area contributed by atoms with E-state index in [2.05, 4.69) is 17.6 Å². The first-order valence-corrected chi connectivity index (χ1v) is 12.5. The van der Waals surface area contributed by atoms with Gasteiger partial charge in [-0.05, 0) is 117 Å². The number of aliphatic imine (C=N–C) groups is 1. The van der Waals surface area contributed by atoms with Crippen LogP contribution in [0.5, 0.6) is 0 Å². The highest BCUT2D eigenvalue weighted by molar-refractivity contribution is 5.94. The van der Waals surface area contributed by atoms with Crippen molar-refractivity contribution < 1.29 is 14.3 Å². The average molecular weight is 464 g/mol. The molecule has 0 amide bonds. The Morgan fingerprint density at radius 3 is 2.18 bits per heavy atom. The summed E-state index contributed by atoms with van der Waals surface area (Å²) in [7, 11) is 0. The van der Waals surface area contributed by atoms with Crippen LogP contribution in [0.1, 0.15) is 67.8 Å². The molecule has 0 radical (unpaired) electrons. The third-order valence-corrected chi connectivity index (χ3v) is 8.01. The summed E-state index contributed by atoms with van der Waals surface area (Å²) < 4.78 is 13.3. The fraction of sp³-hybridized carbons (Fsp3) is 0.500. The molecule has 1 unspecified atom stereocenters. The molecular formula is C28H34FN3O2. The van der Waals surface area contributed by atoms with E-state index in [4.69, 9.17) is 4.99 Å². The Kier molecular flexibility index (Phi) is 6.32. The molecule has 2 aromatic rings. The third-order valence-electron chi connectivity index (χ3n) is 8.01. The molecule has 34 heavy (non-hydrogen) atoms. The fourth-order valence-corrected chi connectivity index (χ4v) is 7.19. The number of hydrogen-bond donors (Lipinski definition) is 3. The lowest BCUT2D eigenvalue weighted by atomic mass is 9.48. The summed E-state index contributed by atoms with van der Waals surface area (Å²) >= 11 is 0. The summed E-state index contributed by atoms with van der Waals surface area (Å²) in [6.07, 6.45) is 9.59. The largest absolute Gasteiger partial charge is 0.478 e. The maximum atomic E-state index is 13.3. The van der Waals surface area contributed by atoms with Gasteiger partial charge in [0.1, 0.15) is 5.82 Å². The zero-order valence-electron chi connectivity index (χ0n) is 19.8. The summed E-state index contributed by atoms with van der Waals surface area (Å²) in [4.78, 5) is 15.9. The maximum Gasteiger partial charge on any atom is 0.335 e. The first-order valence-electron chi connectivity index (χ1n) is 12.5. The molecular weight excluding hydrogens is 429 g/mol. The summed E-state index contributed by atoms with van der Waals surface area (Å²) in [5.74, 6) is 2.23. The van der Waals surface area contributed by atoms with E-state index >= 15 is 0 Å². The zero-order chi connectivity index (χ0) is 23.7. The van der Waals surface area contributed by atoms with Gasteiger partial charge in [0.05, 0.1) is 12.1 Å². The molecule has 6 heteroatoms. The lowest BCUT2D eigenvalue weighted by molar-refractivity contribution is -0.0603. The Morgan fingerprint density at radius 1 is 1.03 bits per heavy atom. The molecule has 180 valence electrons. The maximum absolute atomic E-state index is 13.3. The standard InChI is InChI=1S/C28H34FN3O2/c1-18(13-28-14-20-10-21(15-28)12-22(11-20)16-28)31-27(30-17-19-2-6-24(29)7-3-19)32-25-8-4-23(5-9-25)26(33)34/h2-9,18,20-22H,10-17H2,1H3,(H,33,34)(H2,30,31,32). The van der Waals surface area contributed by atoms with Gasteiger partial charge in [0.25, 0.3) is 0 Å². The monoisotopic (exact) mass is 463 g/mol. The minimum atomic E-state index is -0.945. The topological polar surface area (TPSA) is 73.7 Å². The molecule has 2 aromatic carbocycles. The van der Waals surface area contributed by atoms with Gasteiger partial charge in [-0.25, -0.2) is 14.2 Å². The Morgan fingerprint density at radius 2 is 1.62 bits per heavy atom. The molecule has 6 rings (SSSR count). The van der Waals surface area contributed by atoms with Crippen molar-refractivity contribution in [1.82, 2.24) is 5.32 Å². The van der Waals surface area contributed by atoms with Crippen LogP contribution in [0.3, 0.4) is 0 Å². The molecule has 4 aliphatic rings. The molecule has 4 bridgehead atoms. The van der Waals surface area contributed by atoms with Crippen LogP contribution in [0.2, 0.25) is 0 Å². The number of aromatic carboxylic acids is 1. The van der Waals surface area contributed by atoms with Crippen molar-refractivity contribution in [3.63, 3.8) is 0 Å². The van der Waals surface area contributed by atoms with Crippen molar-refractivity contribution in [1.29, 1.82) is 0 Å². The summed E-state index contributed by atoms with van der Waals surface area (Å²) in [5.41, 5.74) is 2.42. The van der Waals surface area contributed by atoms with Gasteiger partial charge in [-0.15, -0.1) is 0 Å². The van der Waals surface area contributed by atoms with Crippen molar-refractivity contribution in [2.75, 3.05) is 5.32 Å². The summed E-state index contributed by atoms with van der Waals surface area (Å²) in [6.45, 7) is 2.66. The van der Waals surface area contributed by atoms with Gasteiger partial charge in [-0.2, -0.15) is 0 Å². The SMILES string of the molecule is CC(CC12CC3CC(CC(C3)C1)C2)NC(=NCc1ccc(F)cc1)Nc1ccc(C(=O)O)cc1. The van der Waals surface area contributed by atoms with Crippen LogP contribution in [-0.4, -0.2) is 23.1 Å². The van der Waals surface area contributed by atoms with Crippen molar-refractivity contribution >= 4 is 17.6 Å². The number of benzene rings is 2. The highest BCUT2D eigenvalue weighted by atomic mass is 19.1.